The van der Waals surface area contributed by atoms with Crippen LogP contribution in [-0.2, 0) is 6.42 Å². The predicted octanol–water partition coefficient (Wildman–Crippen LogP) is 6.33. The molecule has 0 N–H and O–H groups in total. The van der Waals surface area contributed by atoms with Crippen molar-refractivity contribution in [1.82, 2.24) is 0 Å². The Morgan fingerprint density at radius 3 is 2.28 bits per heavy atom. The number of hydrogen-bond donors (Lipinski definition) is 0. The molecule has 0 saturated carbocycles. The van der Waals surface area contributed by atoms with Crippen LogP contribution in [0.1, 0.15) is 16.0 Å². The van der Waals surface area contributed by atoms with E-state index < -0.39 is 0 Å². The molecule has 0 nitrogen and oxygen atoms in total. The van der Waals surface area contributed by atoms with Gasteiger partial charge >= 0.3 is 0 Å². The van der Waals surface area contributed by atoms with E-state index in [4.69, 9.17) is 34.8 Å². The van der Waals surface area contributed by atoms with Gasteiger partial charge in [-0.15, -0.1) is 0 Å². The fourth-order valence-electron chi connectivity index (χ4n) is 1.68. The second kappa shape index (κ2) is 6.29. The molecule has 2 aromatic rings. The number of hydrogen-bond acceptors (Lipinski definition) is 0. The highest BCUT2D eigenvalue weighted by atomic mass is 79.9. The molecular weight excluding hydrogens is 354 g/mol. The number of halogens is 4. The van der Waals surface area contributed by atoms with Crippen molar-refractivity contribution in [1.29, 1.82) is 0 Å². The van der Waals surface area contributed by atoms with Gasteiger partial charge < -0.3 is 0 Å². The maximum Gasteiger partial charge on any atom is 0.0595 e. The topological polar surface area (TPSA) is 0 Å². The molecule has 0 radical (unpaired) electrons. The van der Waals surface area contributed by atoms with E-state index in [0.29, 0.717) is 10.0 Å². The van der Waals surface area contributed by atoms with E-state index in [1.807, 2.05) is 36.4 Å². The fraction of sp³-hybridized carbons (Fsp3) is 0.143. The van der Waals surface area contributed by atoms with Crippen molar-refractivity contribution < 1.29 is 0 Å². The van der Waals surface area contributed by atoms with E-state index in [1.54, 1.807) is 6.07 Å². The van der Waals surface area contributed by atoms with E-state index in [2.05, 4.69) is 15.9 Å². The molecule has 18 heavy (non-hydrogen) atoms. The van der Waals surface area contributed by atoms with Crippen LogP contribution in [0, 0.1) is 0 Å². The van der Waals surface area contributed by atoms with Crippen molar-refractivity contribution in [3.8, 4) is 0 Å². The van der Waals surface area contributed by atoms with Crippen LogP contribution >= 0.6 is 50.7 Å². The average molecular weight is 364 g/mol. The van der Waals surface area contributed by atoms with Crippen molar-refractivity contribution in [3.63, 3.8) is 0 Å². The quantitative estimate of drug-likeness (QED) is 0.559. The van der Waals surface area contributed by atoms with Crippen LogP contribution < -0.4 is 0 Å². The summed E-state index contributed by atoms with van der Waals surface area (Å²) in [6.45, 7) is 0. The molecule has 0 bridgehead atoms. The molecule has 0 aliphatic carbocycles. The number of rotatable bonds is 3. The van der Waals surface area contributed by atoms with E-state index in [9.17, 15) is 0 Å². The monoisotopic (exact) mass is 362 g/mol. The van der Waals surface area contributed by atoms with Gasteiger partial charge in [-0.3, -0.25) is 0 Å². The zero-order valence-electron chi connectivity index (χ0n) is 9.34. The molecule has 1 unspecified atom stereocenters. The third kappa shape index (κ3) is 3.42. The van der Waals surface area contributed by atoms with Gasteiger partial charge in [-0.25, -0.2) is 0 Å². The maximum absolute atomic E-state index is 6.14. The van der Waals surface area contributed by atoms with Crippen LogP contribution in [0.2, 0.25) is 15.1 Å². The summed E-state index contributed by atoms with van der Waals surface area (Å²) in [5.41, 5.74) is 2.19. The first-order chi connectivity index (χ1) is 8.58. The average Bonchev–Trinajstić information content (AvgIpc) is 2.35. The van der Waals surface area contributed by atoms with Gasteiger partial charge in [0.2, 0.25) is 0 Å². The van der Waals surface area contributed by atoms with Crippen LogP contribution in [0.4, 0.5) is 0 Å². The Labute approximate surface area is 130 Å². The lowest BCUT2D eigenvalue weighted by atomic mass is 10.0. The van der Waals surface area contributed by atoms with Gasteiger partial charge in [-0.2, -0.15) is 0 Å². The summed E-state index contributed by atoms with van der Waals surface area (Å²) in [4.78, 5) is 0.159. The molecule has 0 heterocycles. The van der Waals surface area contributed by atoms with E-state index in [-0.39, 0.29) is 4.83 Å². The highest BCUT2D eigenvalue weighted by Gasteiger charge is 2.11. The smallest absolute Gasteiger partial charge is 0.0595 e. The van der Waals surface area contributed by atoms with Crippen molar-refractivity contribution in [3.05, 3.63) is 68.7 Å². The molecule has 2 rings (SSSR count). The van der Waals surface area contributed by atoms with Crippen LogP contribution in [0.5, 0.6) is 0 Å². The lowest BCUT2D eigenvalue weighted by Gasteiger charge is -2.12. The van der Waals surface area contributed by atoms with Crippen LogP contribution in [0.25, 0.3) is 0 Å². The first-order valence-corrected chi connectivity index (χ1v) is 7.45. The van der Waals surface area contributed by atoms with Crippen molar-refractivity contribution in [2.75, 3.05) is 0 Å². The Morgan fingerprint density at radius 2 is 1.61 bits per heavy atom. The third-order valence-electron chi connectivity index (χ3n) is 2.66. The Morgan fingerprint density at radius 1 is 0.889 bits per heavy atom. The van der Waals surface area contributed by atoms with E-state index >= 15 is 0 Å². The van der Waals surface area contributed by atoms with Gasteiger partial charge in [0.15, 0.2) is 0 Å². The molecular formula is C14H10BrCl3. The zero-order valence-corrected chi connectivity index (χ0v) is 13.2. The van der Waals surface area contributed by atoms with Crippen LogP contribution in [0.3, 0.4) is 0 Å². The maximum atomic E-state index is 6.14. The van der Waals surface area contributed by atoms with Crippen molar-refractivity contribution >= 4 is 50.7 Å². The Kier molecular flexibility index (Phi) is 4.97. The summed E-state index contributed by atoms with van der Waals surface area (Å²) in [5.74, 6) is 0. The normalized spacial score (nSPS) is 12.4. The van der Waals surface area contributed by atoms with Crippen LogP contribution in [0.15, 0.2) is 42.5 Å². The summed E-state index contributed by atoms with van der Waals surface area (Å²) in [7, 11) is 0. The first-order valence-electron chi connectivity index (χ1n) is 5.40. The minimum absolute atomic E-state index is 0.159. The molecule has 0 fully saturated rings. The van der Waals surface area contributed by atoms with Gasteiger partial charge in [0, 0.05) is 9.85 Å². The molecule has 0 aromatic heterocycles. The first kappa shape index (κ1) is 14.2. The van der Waals surface area contributed by atoms with E-state index in [0.717, 1.165) is 22.6 Å². The van der Waals surface area contributed by atoms with Gasteiger partial charge in [0.25, 0.3) is 0 Å². The van der Waals surface area contributed by atoms with Crippen LogP contribution in [-0.4, -0.2) is 0 Å². The molecule has 0 aliphatic heterocycles. The van der Waals surface area contributed by atoms with Crippen molar-refractivity contribution in [2.45, 2.75) is 11.2 Å². The highest BCUT2D eigenvalue weighted by Crippen LogP contribution is 2.33. The second-order valence-electron chi connectivity index (χ2n) is 3.94. The molecule has 0 spiro atoms. The molecule has 94 valence electrons. The molecule has 0 aliphatic rings. The van der Waals surface area contributed by atoms with Gasteiger partial charge in [-0.1, -0.05) is 75.0 Å². The molecule has 2 aromatic carbocycles. The molecule has 0 saturated heterocycles. The number of alkyl halides is 1. The predicted molar refractivity (Wildman–Crippen MR) is 83.3 cm³/mol. The molecule has 4 heteroatoms. The third-order valence-corrected chi connectivity index (χ3v) is 4.62. The lowest BCUT2D eigenvalue weighted by Crippen LogP contribution is -1.96. The Balaban J connectivity index is 2.19. The minimum atomic E-state index is 0.159. The zero-order chi connectivity index (χ0) is 13.1. The molecule has 1 atom stereocenters. The summed E-state index contributed by atoms with van der Waals surface area (Å²) in [5, 5.41) is 1.91. The van der Waals surface area contributed by atoms with E-state index in [1.165, 1.54) is 0 Å². The second-order valence-corrected chi connectivity index (χ2v) is 6.26. The lowest BCUT2D eigenvalue weighted by molar-refractivity contribution is 0.949. The summed E-state index contributed by atoms with van der Waals surface area (Å²) >= 11 is 21.7. The Bertz CT molecular complexity index is 554. The fourth-order valence-corrected chi connectivity index (χ4v) is 2.84. The Hall–Kier alpha value is -0.210. The molecule has 0 amide bonds. The minimum Gasteiger partial charge on any atom is -0.0840 e. The van der Waals surface area contributed by atoms with Gasteiger partial charge in [0.1, 0.15) is 0 Å². The number of benzene rings is 2. The largest absolute Gasteiger partial charge is 0.0840 e. The summed E-state index contributed by atoms with van der Waals surface area (Å²) in [6, 6.07) is 13.5. The standard InChI is InChI=1S/C14H10BrCl3/c15-11(7-10-3-1-2-4-12(10)16)9-5-6-13(17)14(18)8-9/h1-6,8,11H,7H2. The highest BCUT2D eigenvalue weighted by molar-refractivity contribution is 9.09. The van der Waals surface area contributed by atoms with Crippen molar-refractivity contribution in [2.24, 2.45) is 0 Å². The van der Waals surface area contributed by atoms with Gasteiger partial charge in [-0.05, 0) is 35.7 Å². The summed E-state index contributed by atoms with van der Waals surface area (Å²) < 4.78 is 0. The summed E-state index contributed by atoms with van der Waals surface area (Å²) in [6.07, 6.45) is 0.803. The van der Waals surface area contributed by atoms with Gasteiger partial charge in [0.05, 0.1) is 10.0 Å². The SMILES string of the molecule is Clc1ccc(C(Br)Cc2ccccc2Cl)cc1Cl.